The molecule has 106 valence electrons. The lowest BCUT2D eigenvalue weighted by Gasteiger charge is -2.20. The van der Waals surface area contributed by atoms with E-state index in [0.717, 1.165) is 6.42 Å². The lowest BCUT2D eigenvalue weighted by Crippen LogP contribution is -2.34. The zero-order chi connectivity index (χ0) is 14.3. The molecule has 1 atom stereocenters. The van der Waals surface area contributed by atoms with E-state index in [1.807, 2.05) is 29.1 Å². The molecular formula is C14H22N2O3. The van der Waals surface area contributed by atoms with Gasteiger partial charge in [0.1, 0.15) is 6.04 Å². The van der Waals surface area contributed by atoms with Crippen molar-refractivity contribution in [3.63, 3.8) is 0 Å². The molecule has 1 aromatic heterocycles. The lowest BCUT2D eigenvalue weighted by atomic mass is 10.0. The van der Waals surface area contributed by atoms with Gasteiger partial charge < -0.3 is 14.6 Å². The van der Waals surface area contributed by atoms with Crippen molar-refractivity contribution in [2.75, 3.05) is 13.7 Å². The van der Waals surface area contributed by atoms with Crippen LogP contribution in [0.1, 0.15) is 32.7 Å². The number of methoxy groups -OCH3 is 1. The maximum atomic E-state index is 12.2. The molecule has 5 heteroatoms. The van der Waals surface area contributed by atoms with Crippen molar-refractivity contribution in [2.45, 2.75) is 32.7 Å². The number of carbonyl (C=O) groups excluding carboxylic acids is 2. The molecule has 1 amide bonds. The van der Waals surface area contributed by atoms with Crippen LogP contribution in [-0.2, 0) is 14.3 Å². The van der Waals surface area contributed by atoms with E-state index in [9.17, 15) is 9.59 Å². The summed E-state index contributed by atoms with van der Waals surface area (Å²) in [5.41, 5.74) is 0. The molecule has 0 aliphatic carbocycles. The summed E-state index contributed by atoms with van der Waals surface area (Å²) in [5, 5.41) is 2.78. The molecule has 0 bridgehead atoms. The molecule has 0 fully saturated rings. The Balaban J connectivity index is 2.55. The van der Waals surface area contributed by atoms with E-state index in [2.05, 4.69) is 23.9 Å². The number of aromatic nitrogens is 1. The highest BCUT2D eigenvalue weighted by atomic mass is 16.5. The van der Waals surface area contributed by atoms with Gasteiger partial charge in [-0.05, 0) is 24.5 Å². The van der Waals surface area contributed by atoms with Gasteiger partial charge in [0.25, 0.3) is 0 Å². The van der Waals surface area contributed by atoms with Crippen molar-refractivity contribution < 1.29 is 14.3 Å². The van der Waals surface area contributed by atoms with Crippen LogP contribution in [0.5, 0.6) is 0 Å². The third-order valence-corrected chi connectivity index (χ3v) is 2.84. The van der Waals surface area contributed by atoms with Crippen molar-refractivity contribution in [1.82, 2.24) is 9.88 Å². The molecule has 0 saturated carbocycles. The molecule has 0 saturated heterocycles. The largest absolute Gasteiger partial charge is 0.469 e. The third-order valence-electron chi connectivity index (χ3n) is 2.84. The molecule has 1 N–H and O–H groups in total. The normalized spacial score (nSPS) is 12.2. The van der Waals surface area contributed by atoms with Crippen LogP contribution < -0.4 is 5.32 Å². The van der Waals surface area contributed by atoms with E-state index in [4.69, 9.17) is 0 Å². The van der Waals surface area contributed by atoms with Crippen molar-refractivity contribution in [1.29, 1.82) is 0 Å². The van der Waals surface area contributed by atoms with Gasteiger partial charge in [0.2, 0.25) is 5.91 Å². The van der Waals surface area contributed by atoms with Crippen molar-refractivity contribution in [3.05, 3.63) is 24.5 Å². The van der Waals surface area contributed by atoms with Gasteiger partial charge in [-0.3, -0.25) is 9.59 Å². The Bertz CT molecular complexity index is 399. The summed E-state index contributed by atoms with van der Waals surface area (Å²) in [4.78, 5) is 23.2. The van der Waals surface area contributed by atoms with Gasteiger partial charge in [-0.15, -0.1) is 0 Å². The van der Waals surface area contributed by atoms with E-state index in [0.29, 0.717) is 12.5 Å². The van der Waals surface area contributed by atoms with Gasteiger partial charge >= 0.3 is 5.97 Å². The molecule has 1 aromatic rings. The summed E-state index contributed by atoms with van der Waals surface area (Å²) in [6.45, 7) is 4.47. The van der Waals surface area contributed by atoms with Gasteiger partial charge in [0.05, 0.1) is 13.5 Å². The molecule has 0 radical (unpaired) electrons. The average Bonchev–Trinajstić information content (AvgIpc) is 2.88. The standard InChI is InChI=1S/C14H22N2O3/c1-11(2)10-12(16-8-4-5-9-16)14(18)15-7-6-13(17)19-3/h4-5,8-9,11-12H,6-7,10H2,1-3H3,(H,15,18). The summed E-state index contributed by atoms with van der Waals surface area (Å²) in [6, 6.07) is 3.57. The van der Waals surface area contributed by atoms with Crippen LogP contribution in [-0.4, -0.2) is 30.1 Å². The predicted molar refractivity (Wildman–Crippen MR) is 72.6 cm³/mol. The van der Waals surface area contributed by atoms with Crippen LogP contribution in [0.15, 0.2) is 24.5 Å². The second-order valence-electron chi connectivity index (χ2n) is 4.89. The number of rotatable bonds is 7. The summed E-state index contributed by atoms with van der Waals surface area (Å²) >= 11 is 0. The predicted octanol–water partition coefficient (Wildman–Crippen LogP) is 1.75. The van der Waals surface area contributed by atoms with Gasteiger partial charge in [-0.2, -0.15) is 0 Å². The number of amides is 1. The van der Waals surface area contributed by atoms with Crippen LogP contribution in [0.3, 0.4) is 0 Å². The van der Waals surface area contributed by atoms with E-state index >= 15 is 0 Å². The van der Waals surface area contributed by atoms with Crippen molar-refractivity contribution >= 4 is 11.9 Å². The maximum Gasteiger partial charge on any atom is 0.307 e. The third kappa shape index (κ3) is 5.16. The monoisotopic (exact) mass is 266 g/mol. The number of nitrogens with zero attached hydrogens (tertiary/aromatic N) is 1. The molecule has 1 rings (SSSR count). The van der Waals surface area contributed by atoms with Crippen molar-refractivity contribution in [2.24, 2.45) is 5.92 Å². The number of esters is 1. The minimum Gasteiger partial charge on any atom is -0.469 e. The smallest absolute Gasteiger partial charge is 0.307 e. The summed E-state index contributed by atoms with van der Waals surface area (Å²) in [7, 11) is 1.34. The van der Waals surface area contributed by atoms with E-state index < -0.39 is 0 Å². The highest BCUT2D eigenvalue weighted by molar-refractivity contribution is 5.81. The molecule has 0 aromatic carbocycles. The fourth-order valence-corrected chi connectivity index (χ4v) is 1.87. The second-order valence-corrected chi connectivity index (χ2v) is 4.89. The Morgan fingerprint density at radius 3 is 2.42 bits per heavy atom. The lowest BCUT2D eigenvalue weighted by molar-refractivity contribution is -0.140. The molecule has 1 unspecified atom stereocenters. The fraction of sp³-hybridized carbons (Fsp3) is 0.571. The first-order valence-corrected chi connectivity index (χ1v) is 6.51. The minimum absolute atomic E-state index is 0.0613. The SMILES string of the molecule is COC(=O)CCNC(=O)C(CC(C)C)n1cccc1. The Hall–Kier alpha value is -1.78. The van der Waals surface area contributed by atoms with E-state index in [-0.39, 0.29) is 24.3 Å². The molecule has 5 nitrogen and oxygen atoms in total. The van der Waals surface area contributed by atoms with Gasteiger partial charge in [-0.1, -0.05) is 13.8 Å². The van der Waals surface area contributed by atoms with Crippen LogP contribution >= 0.6 is 0 Å². The molecule has 0 aliphatic heterocycles. The maximum absolute atomic E-state index is 12.2. The Morgan fingerprint density at radius 1 is 1.26 bits per heavy atom. The zero-order valence-electron chi connectivity index (χ0n) is 11.8. The fourth-order valence-electron chi connectivity index (χ4n) is 1.87. The molecule has 0 spiro atoms. The molecule has 0 aliphatic rings. The van der Waals surface area contributed by atoms with Crippen LogP contribution in [0.4, 0.5) is 0 Å². The number of hydrogen-bond acceptors (Lipinski definition) is 3. The Labute approximate surface area is 113 Å². The molecular weight excluding hydrogens is 244 g/mol. The quantitative estimate of drug-likeness (QED) is 0.765. The first kappa shape index (κ1) is 15.3. The zero-order valence-corrected chi connectivity index (χ0v) is 11.8. The summed E-state index contributed by atoms with van der Waals surface area (Å²) in [6.07, 6.45) is 4.72. The average molecular weight is 266 g/mol. The second kappa shape index (κ2) is 7.61. The Kier molecular flexibility index (Phi) is 6.12. The van der Waals surface area contributed by atoms with Crippen molar-refractivity contribution in [3.8, 4) is 0 Å². The number of nitrogens with one attached hydrogen (secondary N) is 1. The number of hydrogen-bond donors (Lipinski definition) is 1. The number of carbonyl (C=O) groups is 2. The van der Waals surface area contributed by atoms with Gasteiger partial charge in [0, 0.05) is 18.9 Å². The van der Waals surface area contributed by atoms with Gasteiger partial charge in [0.15, 0.2) is 0 Å². The summed E-state index contributed by atoms with van der Waals surface area (Å²) < 4.78 is 6.43. The first-order chi connectivity index (χ1) is 9.04. The molecule has 1 heterocycles. The van der Waals surface area contributed by atoms with Gasteiger partial charge in [-0.25, -0.2) is 0 Å². The Morgan fingerprint density at radius 2 is 1.89 bits per heavy atom. The summed E-state index contributed by atoms with van der Waals surface area (Å²) in [5.74, 6) is 0.0363. The highest BCUT2D eigenvalue weighted by Crippen LogP contribution is 2.17. The van der Waals surface area contributed by atoms with E-state index in [1.165, 1.54) is 7.11 Å². The van der Waals surface area contributed by atoms with Crippen LogP contribution in [0.25, 0.3) is 0 Å². The molecule has 19 heavy (non-hydrogen) atoms. The van der Waals surface area contributed by atoms with Crippen LogP contribution in [0.2, 0.25) is 0 Å². The number of ether oxygens (including phenoxy) is 1. The highest BCUT2D eigenvalue weighted by Gasteiger charge is 2.20. The van der Waals surface area contributed by atoms with E-state index in [1.54, 1.807) is 0 Å². The van der Waals surface area contributed by atoms with Crippen LogP contribution in [0, 0.1) is 5.92 Å². The first-order valence-electron chi connectivity index (χ1n) is 6.51. The minimum atomic E-state index is -0.318. The topological polar surface area (TPSA) is 60.3 Å².